The second-order valence-corrected chi connectivity index (χ2v) is 13.7. The lowest BCUT2D eigenvalue weighted by molar-refractivity contribution is -0.138. The Balaban J connectivity index is 2.20. The molecule has 1 atom stereocenters. The van der Waals surface area contributed by atoms with E-state index >= 15 is 0 Å². The lowest BCUT2D eigenvalue weighted by Crippen LogP contribution is -2.54. The van der Waals surface area contributed by atoms with Crippen LogP contribution in [0.4, 0.5) is 13.2 Å². The van der Waals surface area contributed by atoms with Crippen molar-refractivity contribution in [1.82, 2.24) is 9.62 Å². The van der Waals surface area contributed by atoms with Gasteiger partial charge in [0, 0.05) is 13.1 Å². The summed E-state index contributed by atoms with van der Waals surface area (Å²) in [6.45, 7) is 6.87. The van der Waals surface area contributed by atoms with Gasteiger partial charge in [-0.15, -0.1) is 0 Å². The van der Waals surface area contributed by atoms with Gasteiger partial charge in [0.25, 0.3) is 0 Å². The Morgan fingerprint density at radius 3 is 2.09 bits per heavy atom. The third-order valence-electron chi connectivity index (χ3n) is 6.23. The number of nitrogens with one attached hydrogen (secondary N) is 1. The van der Waals surface area contributed by atoms with Gasteiger partial charge in [0.2, 0.25) is 15.9 Å². The molecule has 1 amide bonds. The summed E-state index contributed by atoms with van der Waals surface area (Å²) in [5, 5.41) is 0. The van der Waals surface area contributed by atoms with Gasteiger partial charge >= 0.3 is 6.18 Å². The minimum atomic E-state index is -4.66. The van der Waals surface area contributed by atoms with E-state index in [4.69, 9.17) is 0 Å². The Morgan fingerprint density at radius 2 is 1.64 bits per heavy atom. The number of hydrogen-bond donors (Lipinski definition) is 1. The quantitative estimate of drug-likeness (QED) is 0.605. The van der Waals surface area contributed by atoms with Gasteiger partial charge in [-0.3, -0.25) is 4.79 Å². The number of hydrogen-bond acceptors (Lipinski definition) is 5. The number of benzene rings is 1. The highest BCUT2D eigenvalue weighted by atomic mass is 32.2. The second-order valence-electron chi connectivity index (χ2n) is 9.34. The van der Waals surface area contributed by atoms with Crippen molar-refractivity contribution < 1.29 is 34.8 Å². The van der Waals surface area contributed by atoms with Gasteiger partial charge in [-0.25, -0.2) is 21.6 Å². The molecule has 1 aromatic carbocycles. The molecule has 7 nitrogen and oxygen atoms in total. The topological polar surface area (TPSA) is 101 Å². The number of sulfone groups is 1. The fourth-order valence-electron chi connectivity index (χ4n) is 4.06. The fraction of sp³-hybridized carbons (Fsp3) is 0.667. The van der Waals surface area contributed by atoms with Crippen molar-refractivity contribution in [2.24, 2.45) is 11.8 Å². The summed E-state index contributed by atoms with van der Waals surface area (Å²) >= 11 is 0. The van der Waals surface area contributed by atoms with Crippen LogP contribution in [0.5, 0.6) is 0 Å². The molecule has 0 unspecified atom stereocenters. The SMILES string of the molecule is CC(C)[C@H](NS(C)(=O)=O)C(=O)N1CCC(C(C)(C)S(=O)(=O)c2cccc(C(F)(F)F)c2)CC1. The molecule has 1 N–H and O–H groups in total. The van der Waals surface area contributed by atoms with E-state index in [1.165, 1.54) is 18.7 Å². The molecule has 1 saturated heterocycles. The molecule has 0 radical (unpaired) electrons. The van der Waals surface area contributed by atoms with Gasteiger partial charge < -0.3 is 4.90 Å². The molecule has 1 fully saturated rings. The third kappa shape index (κ3) is 6.27. The Bertz CT molecular complexity index is 1080. The summed E-state index contributed by atoms with van der Waals surface area (Å²) in [5.74, 6) is -1.07. The molecule has 0 aliphatic carbocycles. The maximum Gasteiger partial charge on any atom is 0.416 e. The first-order valence-corrected chi connectivity index (χ1v) is 13.9. The molecule has 0 spiro atoms. The first-order valence-electron chi connectivity index (χ1n) is 10.6. The number of sulfonamides is 1. The predicted octanol–water partition coefficient (Wildman–Crippen LogP) is 3.07. The minimum Gasteiger partial charge on any atom is -0.341 e. The van der Waals surface area contributed by atoms with Gasteiger partial charge in [-0.2, -0.15) is 13.2 Å². The predicted molar refractivity (Wildman–Crippen MR) is 119 cm³/mol. The van der Waals surface area contributed by atoms with Gasteiger partial charge in [0.1, 0.15) is 6.04 Å². The van der Waals surface area contributed by atoms with Crippen molar-refractivity contribution in [3.63, 3.8) is 0 Å². The van der Waals surface area contributed by atoms with Crippen LogP contribution >= 0.6 is 0 Å². The molecule has 12 heteroatoms. The highest BCUT2D eigenvalue weighted by Crippen LogP contribution is 2.39. The van der Waals surface area contributed by atoms with Crippen LogP contribution in [0.3, 0.4) is 0 Å². The molecule has 1 aromatic rings. The summed E-state index contributed by atoms with van der Waals surface area (Å²) in [6.07, 6.45) is -3.04. The number of halogens is 3. The smallest absolute Gasteiger partial charge is 0.341 e. The third-order valence-corrected chi connectivity index (χ3v) is 9.50. The molecule has 1 aliphatic rings. The van der Waals surface area contributed by atoms with E-state index in [1.807, 2.05) is 0 Å². The Kier molecular flexibility index (Phi) is 7.97. The van der Waals surface area contributed by atoms with Crippen LogP contribution in [0.2, 0.25) is 0 Å². The zero-order valence-electron chi connectivity index (χ0n) is 19.3. The molecule has 188 valence electrons. The molecule has 0 bridgehead atoms. The minimum absolute atomic E-state index is 0.222. The number of piperidine rings is 1. The van der Waals surface area contributed by atoms with Crippen molar-refractivity contribution in [3.8, 4) is 0 Å². The number of nitrogens with zero attached hydrogens (tertiary/aromatic N) is 1. The molecule has 2 rings (SSSR count). The Labute approximate surface area is 193 Å². The maximum absolute atomic E-state index is 13.3. The first-order chi connectivity index (χ1) is 14.9. The van der Waals surface area contributed by atoms with E-state index in [0.29, 0.717) is 18.9 Å². The summed E-state index contributed by atoms with van der Waals surface area (Å²) in [5.41, 5.74) is -1.03. The zero-order valence-corrected chi connectivity index (χ0v) is 20.9. The van der Waals surface area contributed by atoms with Gasteiger partial charge in [0.15, 0.2) is 9.84 Å². The van der Waals surface area contributed by atoms with Crippen LogP contribution in [0, 0.1) is 11.8 Å². The molecule has 1 aliphatic heterocycles. The van der Waals surface area contributed by atoms with Crippen molar-refractivity contribution >= 4 is 25.8 Å². The van der Waals surface area contributed by atoms with E-state index in [1.54, 1.807) is 13.8 Å². The lowest BCUT2D eigenvalue weighted by Gasteiger charge is -2.41. The average Bonchev–Trinajstić information content (AvgIpc) is 2.70. The van der Waals surface area contributed by atoms with Crippen molar-refractivity contribution in [3.05, 3.63) is 29.8 Å². The summed E-state index contributed by atoms with van der Waals surface area (Å²) in [6, 6.07) is 2.78. The average molecular weight is 513 g/mol. The maximum atomic E-state index is 13.3. The number of alkyl halides is 3. The van der Waals surface area contributed by atoms with Crippen LogP contribution in [0.1, 0.15) is 46.1 Å². The van der Waals surface area contributed by atoms with Gasteiger partial charge in [-0.1, -0.05) is 19.9 Å². The highest BCUT2D eigenvalue weighted by molar-refractivity contribution is 7.92. The lowest BCUT2D eigenvalue weighted by atomic mass is 9.85. The molecule has 33 heavy (non-hydrogen) atoms. The van der Waals surface area contributed by atoms with Gasteiger partial charge in [-0.05, 0) is 56.7 Å². The molecular formula is C21H31F3N2O5S2. The second kappa shape index (κ2) is 9.53. The van der Waals surface area contributed by atoms with Crippen LogP contribution in [0.15, 0.2) is 29.2 Å². The monoisotopic (exact) mass is 512 g/mol. The van der Waals surface area contributed by atoms with Crippen LogP contribution in [-0.4, -0.2) is 57.8 Å². The normalized spacial score (nSPS) is 17.9. The number of likely N-dealkylation sites (tertiary alicyclic amines) is 1. The molecule has 0 aromatic heterocycles. The number of amides is 1. The molecule has 1 heterocycles. The number of carbonyl (C=O) groups is 1. The number of rotatable bonds is 7. The highest BCUT2D eigenvalue weighted by Gasteiger charge is 2.45. The van der Waals surface area contributed by atoms with E-state index < -0.39 is 53.2 Å². The molecule has 0 saturated carbocycles. The Morgan fingerprint density at radius 1 is 1.09 bits per heavy atom. The van der Waals surface area contributed by atoms with Crippen LogP contribution < -0.4 is 4.72 Å². The number of carbonyl (C=O) groups excluding carboxylic acids is 1. The van der Waals surface area contributed by atoms with E-state index in [9.17, 15) is 34.8 Å². The Hall–Kier alpha value is -1.66. The summed E-state index contributed by atoms with van der Waals surface area (Å²) in [4.78, 5) is 14.0. The zero-order chi connectivity index (χ0) is 25.4. The summed E-state index contributed by atoms with van der Waals surface area (Å²) < 4.78 is 90.0. The fourth-order valence-corrected chi connectivity index (χ4v) is 6.71. The van der Waals surface area contributed by atoms with Crippen molar-refractivity contribution in [1.29, 1.82) is 0 Å². The van der Waals surface area contributed by atoms with Crippen LogP contribution in [-0.2, 0) is 30.8 Å². The summed E-state index contributed by atoms with van der Waals surface area (Å²) in [7, 11) is -7.71. The van der Waals surface area contributed by atoms with E-state index in [2.05, 4.69) is 4.72 Å². The van der Waals surface area contributed by atoms with Gasteiger partial charge in [0.05, 0.1) is 21.5 Å². The largest absolute Gasteiger partial charge is 0.416 e. The standard InChI is InChI=1S/C21H31F3N2O5S2/c1-14(2)18(25-32(5,28)29)19(27)26-11-9-15(10-12-26)20(3,4)33(30,31)17-8-6-7-16(13-17)21(22,23)24/h6-8,13-15,18,25H,9-12H2,1-5H3/t18-/m0/s1. The molecular weight excluding hydrogens is 481 g/mol. The van der Waals surface area contributed by atoms with E-state index in [-0.39, 0.29) is 24.9 Å². The van der Waals surface area contributed by atoms with E-state index in [0.717, 1.165) is 24.5 Å². The van der Waals surface area contributed by atoms with Crippen molar-refractivity contribution in [2.75, 3.05) is 19.3 Å². The van der Waals surface area contributed by atoms with Crippen LogP contribution in [0.25, 0.3) is 0 Å². The first kappa shape index (κ1) is 27.6. The van der Waals surface area contributed by atoms with Crippen molar-refractivity contribution in [2.45, 2.75) is 62.4 Å².